The number of nitrogens with one attached hydrogen (secondary N) is 1. The topological polar surface area (TPSA) is 84.2 Å². The van der Waals surface area contributed by atoms with Crippen molar-refractivity contribution in [1.82, 2.24) is 4.98 Å². The molecule has 0 aliphatic heterocycles. The summed E-state index contributed by atoms with van der Waals surface area (Å²) in [6.07, 6.45) is 1.71. The van der Waals surface area contributed by atoms with E-state index < -0.39 is 0 Å². The molecule has 6 nitrogen and oxygen atoms in total. The number of rotatable bonds is 7. The smallest absolute Gasteiger partial charge is 0.256 e. The van der Waals surface area contributed by atoms with Crippen molar-refractivity contribution in [2.24, 2.45) is 0 Å². The van der Waals surface area contributed by atoms with Crippen LogP contribution in [-0.2, 0) is 0 Å². The van der Waals surface area contributed by atoms with E-state index in [2.05, 4.69) is 27.3 Å². The second kappa shape index (κ2) is 11.0. The standard InChI is InChI=1S/C27H20BrN3O3S/c1-33-22-13-10-19(23(15-22)34-2)14-20(16-29)26-30-24(17-6-4-3-5-7-17)27(35-26)31-25(32)18-8-11-21(28)12-9-18/h3-15H,1-2H3,(H,31,32)/b20-14+. The molecular formula is C27H20BrN3O3S. The van der Waals surface area contributed by atoms with E-state index in [1.807, 2.05) is 48.5 Å². The third-order valence-corrected chi connectivity index (χ3v) is 6.63. The van der Waals surface area contributed by atoms with Crippen LogP contribution in [0.3, 0.4) is 0 Å². The molecule has 35 heavy (non-hydrogen) atoms. The van der Waals surface area contributed by atoms with E-state index in [1.165, 1.54) is 11.3 Å². The average Bonchev–Trinajstić information content (AvgIpc) is 3.31. The lowest BCUT2D eigenvalue weighted by atomic mass is 10.1. The number of anilines is 1. The van der Waals surface area contributed by atoms with Crippen molar-refractivity contribution in [3.05, 3.63) is 93.4 Å². The van der Waals surface area contributed by atoms with Crippen LogP contribution < -0.4 is 14.8 Å². The Balaban J connectivity index is 1.76. The summed E-state index contributed by atoms with van der Waals surface area (Å²) in [5, 5.41) is 14.0. The summed E-state index contributed by atoms with van der Waals surface area (Å²) >= 11 is 4.63. The molecule has 0 saturated heterocycles. The van der Waals surface area contributed by atoms with Crippen LogP contribution in [0, 0.1) is 11.3 Å². The van der Waals surface area contributed by atoms with Crippen molar-refractivity contribution in [3.8, 4) is 28.8 Å². The molecule has 0 unspecified atom stereocenters. The third-order valence-electron chi connectivity index (χ3n) is 5.10. The maximum Gasteiger partial charge on any atom is 0.256 e. The third kappa shape index (κ3) is 5.60. The van der Waals surface area contributed by atoms with Gasteiger partial charge in [-0.2, -0.15) is 5.26 Å². The van der Waals surface area contributed by atoms with Crippen molar-refractivity contribution in [2.45, 2.75) is 0 Å². The molecule has 0 atom stereocenters. The van der Waals surface area contributed by atoms with Gasteiger partial charge >= 0.3 is 0 Å². The minimum atomic E-state index is -0.260. The number of hydrogen-bond donors (Lipinski definition) is 1. The van der Waals surface area contributed by atoms with Gasteiger partial charge in [-0.25, -0.2) is 4.98 Å². The van der Waals surface area contributed by atoms with Crippen LogP contribution >= 0.6 is 27.3 Å². The first-order chi connectivity index (χ1) is 17.0. The van der Waals surface area contributed by atoms with E-state index in [0.29, 0.717) is 43.9 Å². The Morgan fingerprint density at radius 1 is 1.06 bits per heavy atom. The maximum absolute atomic E-state index is 12.9. The fourth-order valence-electron chi connectivity index (χ4n) is 3.32. The number of nitrogens with zero attached hydrogens (tertiary/aromatic N) is 2. The summed E-state index contributed by atoms with van der Waals surface area (Å²) in [4.78, 5) is 17.7. The summed E-state index contributed by atoms with van der Waals surface area (Å²) in [6, 6.07) is 24.2. The predicted octanol–water partition coefficient (Wildman–Crippen LogP) is 6.91. The van der Waals surface area contributed by atoms with Crippen LogP contribution in [0.4, 0.5) is 5.00 Å². The summed E-state index contributed by atoms with van der Waals surface area (Å²) < 4.78 is 11.6. The quantitative estimate of drug-likeness (QED) is 0.255. The molecule has 0 radical (unpaired) electrons. The number of aromatic nitrogens is 1. The van der Waals surface area contributed by atoms with Gasteiger partial charge in [0.1, 0.15) is 33.3 Å². The largest absolute Gasteiger partial charge is 0.497 e. The van der Waals surface area contributed by atoms with Crippen LogP contribution in [0.1, 0.15) is 20.9 Å². The van der Waals surface area contributed by atoms with Gasteiger partial charge in [-0.15, -0.1) is 0 Å². The highest BCUT2D eigenvalue weighted by atomic mass is 79.9. The van der Waals surface area contributed by atoms with Gasteiger partial charge in [-0.1, -0.05) is 57.6 Å². The van der Waals surface area contributed by atoms with E-state index in [1.54, 1.807) is 44.6 Å². The first-order valence-electron chi connectivity index (χ1n) is 10.5. The lowest BCUT2D eigenvalue weighted by Crippen LogP contribution is -2.11. The first kappa shape index (κ1) is 24.2. The minimum absolute atomic E-state index is 0.260. The van der Waals surface area contributed by atoms with Crippen LogP contribution in [0.2, 0.25) is 0 Å². The zero-order chi connectivity index (χ0) is 24.8. The zero-order valence-electron chi connectivity index (χ0n) is 18.9. The molecule has 0 bridgehead atoms. The SMILES string of the molecule is COc1ccc(/C=C(\C#N)c2nc(-c3ccccc3)c(NC(=O)c3ccc(Br)cc3)s2)c(OC)c1. The van der Waals surface area contributed by atoms with Gasteiger partial charge in [-0.05, 0) is 42.5 Å². The molecule has 1 heterocycles. The van der Waals surface area contributed by atoms with E-state index in [0.717, 1.165) is 10.0 Å². The number of amides is 1. The highest BCUT2D eigenvalue weighted by Crippen LogP contribution is 2.37. The molecule has 1 aromatic heterocycles. The number of ether oxygens (including phenoxy) is 2. The fraction of sp³-hybridized carbons (Fsp3) is 0.0741. The summed E-state index contributed by atoms with van der Waals surface area (Å²) in [5.41, 5.74) is 3.00. The van der Waals surface area contributed by atoms with E-state index in [9.17, 15) is 10.1 Å². The number of allylic oxidation sites excluding steroid dienone is 1. The number of methoxy groups -OCH3 is 2. The van der Waals surface area contributed by atoms with Gasteiger partial charge in [0, 0.05) is 27.2 Å². The maximum atomic E-state index is 12.9. The highest BCUT2D eigenvalue weighted by Gasteiger charge is 2.19. The molecule has 174 valence electrons. The average molecular weight is 546 g/mol. The van der Waals surface area contributed by atoms with Crippen molar-refractivity contribution >= 4 is 49.8 Å². The predicted molar refractivity (Wildman–Crippen MR) is 143 cm³/mol. The van der Waals surface area contributed by atoms with Gasteiger partial charge in [-0.3, -0.25) is 4.79 Å². The van der Waals surface area contributed by atoms with Gasteiger partial charge in [0.15, 0.2) is 0 Å². The Morgan fingerprint density at radius 2 is 1.80 bits per heavy atom. The zero-order valence-corrected chi connectivity index (χ0v) is 21.3. The van der Waals surface area contributed by atoms with Gasteiger partial charge in [0.25, 0.3) is 5.91 Å². The number of nitriles is 1. The summed E-state index contributed by atoms with van der Waals surface area (Å²) in [7, 11) is 3.14. The lowest BCUT2D eigenvalue weighted by Gasteiger charge is -2.07. The van der Waals surface area contributed by atoms with Crippen molar-refractivity contribution in [3.63, 3.8) is 0 Å². The van der Waals surface area contributed by atoms with E-state index >= 15 is 0 Å². The molecule has 4 rings (SSSR count). The molecule has 0 fully saturated rings. The molecule has 0 saturated carbocycles. The Morgan fingerprint density at radius 3 is 2.46 bits per heavy atom. The van der Waals surface area contributed by atoms with Gasteiger partial charge in [0.2, 0.25) is 0 Å². The van der Waals surface area contributed by atoms with Crippen molar-refractivity contribution in [2.75, 3.05) is 19.5 Å². The Bertz CT molecular complexity index is 1420. The molecule has 1 amide bonds. The van der Waals surface area contributed by atoms with Gasteiger partial charge in [0.05, 0.1) is 19.8 Å². The number of benzene rings is 3. The molecule has 0 aliphatic rings. The number of halogens is 1. The second-order valence-electron chi connectivity index (χ2n) is 7.30. The second-order valence-corrected chi connectivity index (χ2v) is 9.22. The Labute approximate surface area is 215 Å². The molecule has 8 heteroatoms. The number of hydrogen-bond acceptors (Lipinski definition) is 6. The molecule has 4 aromatic rings. The molecule has 0 aliphatic carbocycles. The van der Waals surface area contributed by atoms with Gasteiger partial charge < -0.3 is 14.8 Å². The Hall–Kier alpha value is -3.93. The molecule has 1 N–H and O–H groups in total. The van der Waals surface area contributed by atoms with Crippen LogP contribution in [0.15, 0.2) is 77.3 Å². The first-order valence-corrected chi connectivity index (χ1v) is 12.1. The normalized spacial score (nSPS) is 11.0. The number of thiazole rings is 1. The highest BCUT2D eigenvalue weighted by molar-refractivity contribution is 9.10. The molecule has 0 spiro atoms. The van der Waals surface area contributed by atoms with Crippen molar-refractivity contribution < 1.29 is 14.3 Å². The van der Waals surface area contributed by atoms with Crippen LogP contribution in [-0.4, -0.2) is 25.1 Å². The van der Waals surface area contributed by atoms with Crippen LogP contribution in [0.5, 0.6) is 11.5 Å². The fourth-order valence-corrected chi connectivity index (χ4v) is 4.54. The molecular weight excluding hydrogens is 526 g/mol. The summed E-state index contributed by atoms with van der Waals surface area (Å²) in [6.45, 7) is 0. The van der Waals surface area contributed by atoms with E-state index in [4.69, 9.17) is 14.5 Å². The monoisotopic (exact) mass is 545 g/mol. The minimum Gasteiger partial charge on any atom is -0.497 e. The lowest BCUT2D eigenvalue weighted by molar-refractivity contribution is 0.102. The van der Waals surface area contributed by atoms with Crippen molar-refractivity contribution in [1.29, 1.82) is 5.26 Å². The number of carbonyl (C=O) groups is 1. The number of carbonyl (C=O) groups excluding carboxylic acids is 1. The Kier molecular flexibility index (Phi) is 7.60. The summed E-state index contributed by atoms with van der Waals surface area (Å²) in [5.74, 6) is 0.959. The van der Waals surface area contributed by atoms with Crippen LogP contribution in [0.25, 0.3) is 22.9 Å². The molecule has 3 aromatic carbocycles. The van der Waals surface area contributed by atoms with E-state index in [-0.39, 0.29) is 5.91 Å².